The van der Waals surface area contributed by atoms with Crippen LogP contribution in [0.25, 0.3) is 0 Å². The van der Waals surface area contributed by atoms with E-state index in [1.807, 2.05) is 38.1 Å². The molecular formula is C15H20BrNO3. The summed E-state index contributed by atoms with van der Waals surface area (Å²) in [4.78, 5) is 14.2. The molecule has 20 heavy (non-hydrogen) atoms. The van der Waals surface area contributed by atoms with Crippen molar-refractivity contribution in [2.75, 3.05) is 19.7 Å². The highest BCUT2D eigenvalue weighted by atomic mass is 79.9. The predicted octanol–water partition coefficient (Wildman–Crippen LogP) is 1.99. The van der Waals surface area contributed by atoms with Crippen LogP contribution in [0.3, 0.4) is 0 Å². The average molecular weight is 342 g/mol. The lowest BCUT2D eigenvalue weighted by Gasteiger charge is -2.42. The molecule has 1 N–H and O–H groups in total. The van der Waals surface area contributed by atoms with Gasteiger partial charge in [-0.1, -0.05) is 28.1 Å². The minimum Gasteiger partial charge on any atom is -0.394 e. The van der Waals surface area contributed by atoms with E-state index in [1.165, 1.54) is 0 Å². The molecular weight excluding hydrogens is 322 g/mol. The van der Waals surface area contributed by atoms with Gasteiger partial charge in [-0.15, -0.1) is 0 Å². The highest BCUT2D eigenvalue weighted by Gasteiger charge is 2.35. The number of hydrogen-bond donors (Lipinski definition) is 1. The van der Waals surface area contributed by atoms with Gasteiger partial charge in [0.2, 0.25) is 5.91 Å². The van der Waals surface area contributed by atoms with Crippen molar-refractivity contribution in [3.05, 3.63) is 34.3 Å². The quantitative estimate of drug-likeness (QED) is 0.914. The molecule has 1 fully saturated rings. The second-order valence-electron chi connectivity index (χ2n) is 5.76. The zero-order valence-corrected chi connectivity index (χ0v) is 13.4. The summed E-state index contributed by atoms with van der Waals surface area (Å²) in [5, 5.41) is 9.28. The number of carbonyl (C=O) groups excluding carboxylic acids is 1. The zero-order chi connectivity index (χ0) is 14.8. The number of benzene rings is 1. The number of aliphatic hydroxyl groups excluding tert-OH is 1. The van der Waals surface area contributed by atoms with Crippen LogP contribution in [-0.2, 0) is 16.0 Å². The second-order valence-corrected chi connectivity index (χ2v) is 6.68. The van der Waals surface area contributed by atoms with E-state index in [1.54, 1.807) is 4.90 Å². The van der Waals surface area contributed by atoms with Gasteiger partial charge in [0.05, 0.1) is 24.7 Å². The van der Waals surface area contributed by atoms with Gasteiger partial charge in [0.25, 0.3) is 0 Å². The first-order valence-electron chi connectivity index (χ1n) is 6.70. The number of nitrogens with zero attached hydrogens (tertiary/aromatic N) is 1. The van der Waals surface area contributed by atoms with Gasteiger partial charge < -0.3 is 14.7 Å². The summed E-state index contributed by atoms with van der Waals surface area (Å²) in [6, 6.07) is 7.75. The number of aliphatic hydroxyl groups is 1. The summed E-state index contributed by atoms with van der Waals surface area (Å²) in [6.45, 7) is 4.82. The molecule has 1 unspecified atom stereocenters. The summed E-state index contributed by atoms with van der Waals surface area (Å²) < 4.78 is 6.69. The van der Waals surface area contributed by atoms with Crippen LogP contribution < -0.4 is 0 Å². The van der Waals surface area contributed by atoms with E-state index in [2.05, 4.69) is 15.9 Å². The number of carbonyl (C=O) groups is 1. The fraction of sp³-hybridized carbons (Fsp3) is 0.533. The molecule has 2 rings (SSSR count). The van der Waals surface area contributed by atoms with Crippen molar-refractivity contribution in [3.63, 3.8) is 0 Å². The molecule has 0 bridgehead atoms. The Bertz CT molecular complexity index is 490. The molecule has 1 aliphatic rings. The van der Waals surface area contributed by atoms with Crippen molar-refractivity contribution >= 4 is 21.8 Å². The number of amides is 1. The van der Waals surface area contributed by atoms with Crippen LogP contribution in [0, 0.1) is 0 Å². The minimum atomic E-state index is -0.418. The summed E-state index contributed by atoms with van der Waals surface area (Å²) in [6.07, 6.45) is 0.0680. The van der Waals surface area contributed by atoms with Gasteiger partial charge >= 0.3 is 0 Å². The maximum Gasteiger partial charge on any atom is 0.227 e. The summed E-state index contributed by atoms with van der Waals surface area (Å²) in [7, 11) is 0. The summed E-state index contributed by atoms with van der Waals surface area (Å²) in [5.41, 5.74) is 0.563. The predicted molar refractivity (Wildman–Crippen MR) is 80.5 cm³/mol. The van der Waals surface area contributed by atoms with Crippen LogP contribution in [-0.4, -0.2) is 47.3 Å². The standard InChI is InChI=1S/C15H20BrNO3/c1-15(2)10-17(8-13(9-18)20-15)14(19)7-11-4-3-5-12(16)6-11/h3-6,13,18H,7-10H2,1-2H3. The molecule has 5 heteroatoms. The molecule has 1 aliphatic heterocycles. The molecule has 1 heterocycles. The third-order valence-electron chi connectivity index (χ3n) is 3.28. The molecule has 0 radical (unpaired) electrons. The van der Waals surface area contributed by atoms with E-state index in [4.69, 9.17) is 4.74 Å². The van der Waals surface area contributed by atoms with Crippen LogP contribution in [0.5, 0.6) is 0 Å². The van der Waals surface area contributed by atoms with E-state index in [0.29, 0.717) is 19.5 Å². The van der Waals surface area contributed by atoms with Gasteiger partial charge in [0.15, 0.2) is 0 Å². The number of ether oxygens (including phenoxy) is 1. The van der Waals surface area contributed by atoms with Crippen molar-refractivity contribution in [1.29, 1.82) is 0 Å². The van der Waals surface area contributed by atoms with E-state index in [0.717, 1.165) is 10.0 Å². The number of hydrogen-bond acceptors (Lipinski definition) is 3. The molecule has 0 saturated carbocycles. The molecule has 1 aromatic carbocycles. The van der Waals surface area contributed by atoms with Gasteiger partial charge in [0.1, 0.15) is 0 Å². The second kappa shape index (κ2) is 6.24. The number of morpholine rings is 1. The lowest BCUT2D eigenvalue weighted by molar-refractivity contribution is -0.166. The average Bonchev–Trinajstić information content (AvgIpc) is 2.36. The highest BCUT2D eigenvalue weighted by molar-refractivity contribution is 9.10. The third kappa shape index (κ3) is 4.04. The largest absolute Gasteiger partial charge is 0.394 e. The molecule has 0 aromatic heterocycles. The smallest absolute Gasteiger partial charge is 0.227 e. The Hall–Kier alpha value is -0.910. The molecule has 4 nitrogen and oxygen atoms in total. The van der Waals surface area contributed by atoms with Crippen LogP contribution >= 0.6 is 15.9 Å². The van der Waals surface area contributed by atoms with Crippen LogP contribution in [0.4, 0.5) is 0 Å². The maximum atomic E-state index is 12.4. The van der Waals surface area contributed by atoms with E-state index in [-0.39, 0.29) is 18.6 Å². The fourth-order valence-corrected chi connectivity index (χ4v) is 2.96. The Labute approximate surface area is 127 Å². The van der Waals surface area contributed by atoms with Crippen molar-refractivity contribution in [3.8, 4) is 0 Å². The van der Waals surface area contributed by atoms with Crippen molar-refractivity contribution in [2.24, 2.45) is 0 Å². The lowest BCUT2D eigenvalue weighted by Crippen LogP contribution is -2.55. The minimum absolute atomic E-state index is 0.0654. The van der Waals surface area contributed by atoms with E-state index in [9.17, 15) is 9.90 Å². The Morgan fingerprint density at radius 3 is 2.95 bits per heavy atom. The van der Waals surface area contributed by atoms with Crippen LogP contribution in [0.1, 0.15) is 19.4 Å². The summed E-state index contributed by atoms with van der Waals surface area (Å²) in [5.74, 6) is 0.0675. The molecule has 1 aromatic rings. The Morgan fingerprint density at radius 2 is 2.30 bits per heavy atom. The van der Waals surface area contributed by atoms with Crippen molar-refractivity contribution < 1.29 is 14.6 Å². The summed E-state index contributed by atoms with van der Waals surface area (Å²) >= 11 is 3.41. The van der Waals surface area contributed by atoms with Crippen LogP contribution in [0.15, 0.2) is 28.7 Å². The van der Waals surface area contributed by atoms with Crippen molar-refractivity contribution in [2.45, 2.75) is 32.0 Å². The lowest BCUT2D eigenvalue weighted by atomic mass is 10.0. The Morgan fingerprint density at radius 1 is 1.55 bits per heavy atom. The molecule has 0 aliphatic carbocycles. The fourth-order valence-electron chi connectivity index (χ4n) is 2.51. The van der Waals surface area contributed by atoms with Crippen molar-refractivity contribution in [1.82, 2.24) is 4.90 Å². The molecule has 1 saturated heterocycles. The topological polar surface area (TPSA) is 49.8 Å². The van der Waals surface area contributed by atoms with Crippen LogP contribution in [0.2, 0.25) is 0 Å². The van der Waals surface area contributed by atoms with E-state index < -0.39 is 5.60 Å². The molecule has 1 atom stereocenters. The Kier molecular flexibility index (Phi) is 4.83. The first-order chi connectivity index (χ1) is 9.39. The monoisotopic (exact) mass is 341 g/mol. The van der Waals surface area contributed by atoms with E-state index >= 15 is 0 Å². The highest BCUT2D eigenvalue weighted by Crippen LogP contribution is 2.22. The number of halogens is 1. The Balaban J connectivity index is 2.04. The van der Waals surface area contributed by atoms with Gasteiger partial charge in [0, 0.05) is 17.6 Å². The molecule has 110 valence electrons. The maximum absolute atomic E-state index is 12.4. The van der Waals surface area contributed by atoms with Gasteiger partial charge in [-0.2, -0.15) is 0 Å². The van der Waals surface area contributed by atoms with Gasteiger partial charge in [-0.05, 0) is 31.5 Å². The number of rotatable bonds is 3. The SMILES string of the molecule is CC1(C)CN(C(=O)Cc2cccc(Br)c2)CC(CO)O1. The zero-order valence-electron chi connectivity index (χ0n) is 11.8. The first-order valence-corrected chi connectivity index (χ1v) is 7.50. The van der Waals surface area contributed by atoms with Gasteiger partial charge in [-0.25, -0.2) is 0 Å². The van der Waals surface area contributed by atoms with Gasteiger partial charge in [-0.3, -0.25) is 4.79 Å². The first kappa shape index (κ1) is 15.5. The molecule has 0 spiro atoms. The normalized spacial score (nSPS) is 21.8. The molecule has 1 amide bonds. The third-order valence-corrected chi connectivity index (χ3v) is 3.78.